The van der Waals surface area contributed by atoms with Crippen molar-refractivity contribution >= 4 is 27.3 Å². The van der Waals surface area contributed by atoms with Crippen LogP contribution in [0.5, 0.6) is 17.2 Å². The van der Waals surface area contributed by atoms with Crippen LogP contribution in [-0.4, -0.2) is 33.7 Å². The van der Waals surface area contributed by atoms with Gasteiger partial charge in [-0.15, -0.1) is 0 Å². The highest BCUT2D eigenvalue weighted by molar-refractivity contribution is 7.92. The van der Waals surface area contributed by atoms with Crippen LogP contribution >= 0.6 is 0 Å². The van der Waals surface area contributed by atoms with E-state index in [1.807, 2.05) is 30.3 Å². The molecule has 0 spiro atoms. The lowest BCUT2D eigenvalue weighted by Crippen LogP contribution is -2.45. The first-order chi connectivity index (χ1) is 14.8. The molecule has 3 rings (SSSR count). The van der Waals surface area contributed by atoms with Crippen molar-refractivity contribution in [2.75, 3.05) is 23.0 Å². The Morgan fingerprint density at radius 3 is 2.10 bits per heavy atom. The van der Waals surface area contributed by atoms with E-state index in [4.69, 9.17) is 9.47 Å². The zero-order valence-corrected chi connectivity index (χ0v) is 18.3. The van der Waals surface area contributed by atoms with Gasteiger partial charge in [0.1, 0.15) is 23.3 Å². The highest BCUT2D eigenvalue weighted by atomic mass is 32.2. The molecule has 31 heavy (non-hydrogen) atoms. The predicted molar refractivity (Wildman–Crippen MR) is 121 cm³/mol. The number of ether oxygens (including phenoxy) is 2. The van der Waals surface area contributed by atoms with Crippen molar-refractivity contribution in [3.05, 3.63) is 78.9 Å². The first-order valence-corrected chi connectivity index (χ1v) is 11.4. The first kappa shape index (κ1) is 22.2. The van der Waals surface area contributed by atoms with E-state index < -0.39 is 22.0 Å². The maximum absolute atomic E-state index is 12.9. The van der Waals surface area contributed by atoms with E-state index in [1.165, 1.54) is 14.0 Å². The molecular formula is C23H24N2O5S. The monoisotopic (exact) mass is 440 g/mol. The number of carbonyl (C=O) groups is 1. The molecule has 0 aliphatic rings. The Balaban J connectivity index is 1.82. The van der Waals surface area contributed by atoms with Crippen LogP contribution in [0.2, 0.25) is 0 Å². The second-order valence-corrected chi connectivity index (χ2v) is 8.69. The number of sulfonamides is 1. The van der Waals surface area contributed by atoms with Crippen molar-refractivity contribution in [3.63, 3.8) is 0 Å². The molecule has 3 aromatic carbocycles. The molecule has 1 amide bonds. The summed E-state index contributed by atoms with van der Waals surface area (Å²) in [5.41, 5.74) is 0.812. The predicted octanol–water partition coefficient (Wildman–Crippen LogP) is 4.28. The largest absolute Gasteiger partial charge is 0.495 e. The van der Waals surface area contributed by atoms with Gasteiger partial charge in [0.25, 0.3) is 0 Å². The maximum Gasteiger partial charge on any atom is 0.248 e. The van der Waals surface area contributed by atoms with E-state index in [-0.39, 0.29) is 0 Å². The molecule has 0 unspecified atom stereocenters. The van der Waals surface area contributed by atoms with Crippen molar-refractivity contribution in [2.24, 2.45) is 0 Å². The average Bonchev–Trinajstić information content (AvgIpc) is 2.75. The van der Waals surface area contributed by atoms with Gasteiger partial charge in [-0.05, 0) is 55.5 Å². The minimum Gasteiger partial charge on any atom is -0.495 e. The van der Waals surface area contributed by atoms with Crippen molar-refractivity contribution in [1.82, 2.24) is 0 Å². The molecule has 3 aromatic rings. The Morgan fingerprint density at radius 1 is 0.903 bits per heavy atom. The van der Waals surface area contributed by atoms with Crippen LogP contribution in [0.4, 0.5) is 11.4 Å². The van der Waals surface area contributed by atoms with Gasteiger partial charge in [-0.1, -0.05) is 30.3 Å². The van der Waals surface area contributed by atoms with Crippen LogP contribution < -0.4 is 19.1 Å². The number of nitrogens with one attached hydrogen (secondary N) is 1. The number of anilines is 2. The zero-order chi connectivity index (χ0) is 22.4. The van der Waals surface area contributed by atoms with Crippen molar-refractivity contribution in [2.45, 2.75) is 13.0 Å². The Kier molecular flexibility index (Phi) is 6.81. The maximum atomic E-state index is 12.9. The van der Waals surface area contributed by atoms with Crippen LogP contribution in [0.15, 0.2) is 78.9 Å². The van der Waals surface area contributed by atoms with Gasteiger partial charge in [0, 0.05) is 0 Å². The molecule has 0 aromatic heterocycles. The summed E-state index contributed by atoms with van der Waals surface area (Å²) in [7, 11) is -2.25. The number of hydrogen-bond donors (Lipinski definition) is 1. The fourth-order valence-electron chi connectivity index (χ4n) is 3.08. The highest BCUT2D eigenvalue weighted by Crippen LogP contribution is 2.28. The second-order valence-electron chi connectivity index (χ2n) is 6.83. The third kappa shape index (κ3) is 5.55. The van der Waals surface area contributed by atoms with Gasteiger partial charge in [0.05, 0.1) is 24.7 Å². The van der Waals surface area contributed by atoms with Gasteiger partial charge < -0.3 is 14.8 Å². The van der Waals surface area contributed by atoms with E-state index in [1.54, 1.807) is 48.5 Å². The number of amides is 1. The van der Waals surface area contributed by atoms with Crippen molar-refractivity contribution in [3.8, 4) is 17.2 Å². The zero-order valence-electron chi connectivity index (χ0n) is 17.5. The molecule has 0 bridgehead atoms. The smallest absolute Gasteiger partial charge is 0.248 e. The van der Waals surface area contributed by atoms with Crippen molar-refractivity contribution < 1.29 is 22.7 Å². The fraction of sp³-hybridized carbons (Fsp3) is 0.174. The SMILES string of the molecule is COc1ccccc1NC(=O)[C@H](C)N(c1ccc(Oc2ccccc2)cc1)S(C)(=O)=O. The molecule has 1 N–H and O–H groups in total. The fourth-order valence-corrected chi connectivity index (χ4v) is 4.25. The lowest BCUT2D eigenvalue weighted by molar-refractivity contribution is -0.116. The topological polar surface area (TPSA) is 84.9 Å². The Labute approximate surface area is 182 Å². The Bertz CT molecular complexity index is 1130. The number of hydrogen-bond acceptors (Lipinski definition) is 5. The molecule has 162 valence electrons. The molecule has 7 nitrogen and oxygen atoms in total. The minimum atomic E-state index is -3.74. The lowest BCUT2D eigenvalue weighted by atomic mass is 10.2. The number of carbonyl (C=O) groups excluding carboxylic acids is 1. The van der Waals surface area contributed by atoms with E-state index in [0.717, 1.165) is 10.6 Å². The summed E-state index contributed by atoms with van der Waals surface area (Å²) in [6, 6.07) is 21.7. The molecule has 8 heteroatoms. The number of benzene rings is 3. The molecule has 1 atom stereocenters. The Morgan fingerprint density at radius 2 is 1.48 bits per heavy atom. The van der Waals surface area contributed by atoms with E-state index in [2.05, 4.69) is 5.32 Å². The first-order valence-electron chi connectivity index (χ1n) is 9.56. The summed E-state index contributed by atoms with van der Waals surface area (Å²) < 4.78 is 37.1. The van der Waals surface area contributed by atoms with Crippen LogP contribution in [0.25, 0.3) is 0 Å². The molecule has 0 aliphatic heterocycles. The van der Waals surface area contributed by atoms with Gasteiger partial charge in [-0.2, -0.15) is 0 Å². The van der Waals surface area contributed by atoms with Crippen LogP contribution in [0, 0.1) is 0 Å². The van der Waals surface area contributed by atoms with E-state index >= 15 is 0 Å². The van der Waals surface area contributed by atoms with Crippen LogP contribution in [0.3, 0.4) is 0 Å². The summed E-state index contributed by atoms with van der Waals surface area (Å²) in [6.45, 7) is 1.53. The summed E-state index contributed by atoms with van der Waals surface area (Å²) in [5, 5.41) is 2.73. The van der Waals surface area contributed by atoms with Gasteiger partial charge >= 0.3 is 0 Å². The lowest BCUT2D eigenvalue weighted by Gasteiger charge is -2.28. The Hall–Kier alpha value is -3.52. The minimum absolute atomic E-state index is 0.352. The third-order valence-electron chi connectivity index (χ3n) is 4.52. The number of para-hydroxylation sites is 3. The average molecular weight is 441 g/mol. The third-order valence-corrected chi connectivity index (χ3v) is 5.77. The molecule has 0 fully saturated rings. The summed E-state index contributed by atoms with van der Waals surface area (Å²) in [6.07, 6.45) is 1.06. The molecular weight excluding hydrogens is 416 g/mol. The highest BCUT2D eigenvalue weighted by Gasteiger charge is 2.29. The summed E-state index contributed by atoms with van der Waals surface area (Å²) in [5.74, 6) is 1.21. The second kappa shape index (κ2) is 9.53. The molecule has 0 saturated heterocycles. The molecule has 0 heterocycles. The summed E-state index contributed by atoms with van der Waals surface area (Å²) >= 11 is 0. The molecule has 0 saturated carbocycles. The number of nitrogens with zero attached hydrogens (tertiary/aromatic N) is 1. The normalized spacial score (nSPS) is 12.0. The molecule has 0 radical (unpaired) electrons. The van der Waals surface area contributed by atoms with Gasteiger partial charge in [0.2, 0.25) is 15.9 Å². The molecule has 0 aliphatic carbocycles. The van der Waals surface area contributed by atoms with Crippen molar-refractivity contribution in [1.29, 1.82) is 0 Å². The van der Waals surface area contributed by atoms with Gasteiger partial charge in [-0.25, -0.2) is 8.42 Å². The standard InChI is InChI=1S/C23H24N2O5S/c1-17(23(26)24-21-11-7-8-12-22(21)29-2)25(31(3,27)28)18-13-15-20(16-14-18)30-19-9-5-4-6-10-19/h4-17H,1-3H3,(H,24,26)/t17-/m0/s1. The number of methoxy groups -OCH3 is 1. The number of rotatable bonds is 8. The van der Waals surface area contributed by atoms with E-state index in [0.29, 0.717) is 28.6 Å². The van der Waals surface area contributed by atoms with E-state index in [9.17, 15) is 13.2 Å². The van der Waals surface area contributed by atoms with Gasteiger partial charge in [0.15, 0.2) is 0 Å². The van der Waals surface area contributed by atoms with Crippen LogP contribution in [-0.2, 0) is 14.8 Å². The van der Waals surface area contributed by atoms with Gasteiger partial charge in [-0.3, -0.25) is 9.10 Å². The summed E-state index contributed by atoms with van der Waals surface area (Å²) in [4.78, 5) is 12.9. The quantitative estimate of drug-likeness (QED) is 0.565. The van der Waals surface area contributed by atoms with Crippen LogP contribution in [0.1, 0.15) is 6.92 Å².